The van der Waals surface area contributed by atoms with Crippen LogP contribution in [0.2, 0.25) is 0 Å². The average Bonchev–Trinajstić information content (AvgIpc) is 1.84. The quantitative estimate of drug-likeness (QED) is 0.549. The van der Waals surface area contributed by atoms with Crippen LogP contribution in [-0.2, 0) is 0 Å². The summed E-state index contributed by atoms with van der Waals surface area (Å²) in [6.45, 7) is 0. The van der Waals surface area contributed by atoms with Gasteiger partial charge in [0.05, 0.1) is 10.8 Å². The Labute approximate surface area is 80.8 Å². The molecule has 0 spiro atoms. The molecule has 60 valence electrons. The Balaban J connectivity index is 2.63. The third-order valence-corrected chi connectivity index (χ3v) is 4.38. The summed E-state index contributed by atoms with van der Waals surface area (Å²) in [5.41, 5.74) is 0. The molecule has 10 heavy (non-hydrogen) atoms. The number of rotatable bonds is 0. The van der Waals surface area contributed by atoms with Crippen molar-refractivity contribution in [2.24, 2.45) is 0 Å². The first-order chi connectivity index (χ1) is 4.55. The summed E-state index contributed by atoms with van der Waals surface area (Å²) in [6.07, 6.45) is 2.74. The van der Waals surface area contributed by atoms with Crippen LogP contribution in [0, 0.1) is 0 Å². The predicted octanol–water partition coefficient (Wildman–Crippen LogP) is 3.56. The van der Waals surface area contributed by atoms with Gasteiger partial charge in [-0.15, -0.1) is 23.2 Å². The molecule has 0 aromatic rings. The van der Waals surface area contributed by atoms with E-state index < -0.39 is 4.33 Å². The SMILES string of the molecule is ClC1CCCC(Cl)C1(Cl)Cl. The fraction of sp³-hybridized carbons (Fsp3) is 1.00. The zero-order valence-corrected chi connectivity index (χ0v) is 8.31. The Morgan fingerprint density at radius 3 is 1.70 bits per heavy atom. The molecule has 2 unspecified atom stereocenters. The Morgan fingerprint density at radius 2 is 1.40 bits per heavy atom. The highest BCUT2D eigenvalue weighted by Gasteiger charge is 2.43. The Kier molecular flexibility index (Phi) is 3.02. The van der Waals surface area contributed by atoms with E-state index in [1.54, 1.807) is 0 Å². The van der Waals surface area contributed by atoms with Gasteiger partial charge in [0.25, 0.3) is 0 Å². The van der Waals surface area contributed by atoms with Crippen molar-refractivity contribution in [3.63, 3.8) is 0 Å². The van der Waals surface area contributed by atoms with E-state index in [4.69, 9.17) is 46.4 Å². The molecule has 0 nitrogen and oxygen atoms in total. The molecule has 0 N–H and O–H groups in total. The molecule has 4 heteroatoms. The minimum Gasteiger partial charge on any atom is -0.120 e. The van der Waals surface area contributed by atoms with Gasteiger partial charge in [0, 0.05) is 0 Å². The maximum Gasteiger partial charge on any atom is 0.150 e. The van der Waals surface area contributed by atoms with Crippen molar-refractivity contribution in [1.29, 1.82) is 0 Å². The van der Waals surface area contributed by atoms with E-state index >= 15 is 0 Å². The normalized spacial score (nSPS) is 39.6. The lowest BCUT2D eigenvalue weighted by Crippen LogP contribution is -2.39. The smallest absolute Gasteiger partial charge is 0.120 e. The summed E-state index contributed by atoms with van der Waals surface area (Å²) in [4.78, 5) is 0. The van der Waals surface area contributed by atoms with E-state index in [1.807, 2.05) is 0 Å². The van der Waals surface area contributed by atoms with Gasteiger partial charge in [-0.05, 0) is 12.8 Å². The topological polar surface area (TPSA) is 0 Å². The molecule has 1 saturated carbocycles. The van der Waals surface area contributed by atoms with Gasteiger partial charge >= 0.3 is 0 Å². The molecular formula is C6H8Cl4. The summed E-state index contributed by atoms with van der Waals surface area (Å²) in [5.74, 6) is 0. The fourth-order valence-corrected chi connectivity index (χ4v) is 2.17. The molecule has 0 bridgehead atoms. The highest BCUT2D eigenvalue weighted by molar-refractivity contribution is 6.55. The van der Waals surface area contributed by atoms with E-state index in [0.29, 0.717) is 0 Å². The minimum atomic E-state index is -0.929. The van der Waals surface area contributed by atoms with Crippen LogP contribution in [0.1, 0.15) is 19.3 Å². The minimum absolute atomic E-state index is 0.202. The second-order valence-electron chi connectivity index (χ2n) is 2.54. The van der Waals surface area contributed by atoms with Gasteiger partial charge in [-0.3, -0.25) is 0 Å². The second-order valence-corrected chi connectivity index (χ2v) is 5.04. The lowest BCUT2D eigenvalue weighted by molar-refractivity contribution is 0.492. The summed E-state index contributed by atoms with van der Waals surface area (Å²) >= 11 is 23.5. The van der Waals surface area contributed by atoms with Crippen LogP contribution in [-0.4, -0.2) is 15.1 Å². The molecule has 0 radical (unpaired) electrons. The van der Waals surface area contributed by atoms with E-state index in [2.05, 4.69) is 0 Å². The van der Waals surface area contributed by atoms with Crippen LogP contribution in [0.15, 0.2) is 0 Å². The lowest BCUT2D eigenvalue weighted by atomic mass is 9.99. The molecule has 1 fully saturated rings. The molecule has 0 amide bonds. The molecule has 0 aliphatic heterocycles. The maximum atomic E-state index is 5.87. The third kappa shape index (κ3) is 1.66. The Bertz CT molecular complexity index is 111. The van der Waals surface area contributed by atoms with Gasteiger partial charge in [-0.1, -0.05) is 29.6 Å². The maximum absolute atomic E-state index is 5.87. The van der Waals surface area contributed by atoms with Crippen LogP contribution >= 0.6 is 46.4 Å². The molecular weight excluding hydrogens is 214 g/mol. The van der Waals surface area contributed by atoms with Crippen LogP contribution in [0.4, 0.5) is 0 Å². The highest BCUT2D eigenvalue weighted by Crippen LogP contribution is 2.43. The van der Waals surface area contributed by atoms with E-state index in [9.17, 15) is 0 Å². The van der Waals surface area contributed by atoms with Crippen molar-refractivity contribution in [2.45, 2.75) is 34.3 Å². The molecule has 1 aliphatic carbocycles. The summed E-state index contributed by atoms with van der Waals surface area (Å²) in [5, 5.41) is -0.404. The highest BCUT2D eigenvalue weighted by atomic mass is 35.5. The van der Waals surface area contributed by atoms with Crippen molar-refractivity contribution in [3.05, 3.63) is 0 Å². The standard InChI is InChI=1S/C6H8Cl4/c7-4-2-1-3-5(8)6(4,9)10/h4-5H,1-3H2. The molecule has 1 aliphatic rings. The number of halogens is 4. The van der Waals surface area contributed by atoms with Crippen LogP contribution < -0.4 is 0 Å². The third-order valence-electron chi connectivity index (χ3n) is 1.75. The Morgan fingerprint density at radius 1 is 1.00 bits per heavy atom. The number of alkyl halides is 4. The second kappa shape index (κ2) is 3.26. The molecule has 0 aromatic carbocycles. The lowest BCUT2D eigenvalue weighted by Gasteiger charge is -2.34. The molecule has 0 heterocycles. The van der Waals surface area contributed by atoms with Gasteiger partial charge in [-0.2, -0.15) is 0 Å². The molecule has 1 rings (SSSR count). The first-order valence-corrected chi connectivity index (χ1v) is 4.84. The van der Waals surface area contributed by atoms with Crippen molar-refractivity contribution in [3.8, 4) is 0 Å². The van der Waals surface area contributed by atoms with Gasteiger partial charge in [0.15, 0.2) is 4.33 Å². The van der Waals surface area contributed by atoms with Crippen LogP contribution in [0.3, 0.4) is 0 Å². The summed E-state index contributed by atoms with van der Waals surface area (Å²) < 4.78 is -0.929. The summed E-state index contributed by atoms with van der Waals surface area (Å²) in [7, 11) is 0. The zero-order chi connectivity index (χ0) is 7.78. The molecule has 0 aromatic heterocycles. The zero-order valence-electron chi connectivity index (χ0n) is 5.29. The van der Waals surface area contributed by atoms with Crippen molar-refractivity contribution in [2.75, 3.05) is 0 Å². The van der Waals surface area contributed by atoms with Crippen LogP contribution in [0.25, 0.3) is 0 Å². The van der Waals surface area contributed by atoms with Crippen molar-refractivity contribution >= 4 is 46.4 Å². The first-order valence-electron chi connectivity index (χ1n) is 3.21. The fourth-order valence-electron chi connectivity index (χ4n) is 1.06. The average molecular weight is 222 g/mol. The predicted molar refractivity (Wildman–Crippen MR) is 47.6 cm³/mol. The van der Waals surface area contributed by atoms with E-state index in [-0.39, 0.29) is 10.8 Å². The van der Waals surface area contributed by atoms with Gasteiger partial charge in [0.1, 0.15) is 0 Å². The van der Waals surface area contributed by atoms with Gasteiger partial charge in [-0.25, -0.2) is 0 Å². The van der Waals surface area contributed by atoms with Crippen LogP contribution in [0.5, 0.6) is 0 Å². The van der Waals surface area contributed by atoms with Crippen molar-refractivity contribution in [1.82, 2.24) is 0 Å². The number of hydrogen-bond acceptors (Lipinski definition) is 0. The number of hydrogen-bond donors (Lipinski definition) is 0. The monoisotopic (exact) mass is 220 g/mol. The largest absolute Gasteiger partial charge is 0.150 e. The Hall–Kier alpha value is 1.16. The molecule has 2 atom stereocenters. The summed E-state index contributed by atoms with van der Waals surface area (Å²) in [6, 6.07) is 0. The van der Waals surface area contributed by atoms with Crippen molar-refractivity contribution < 1.29 is 0 Å². The van der Waals surface area contributed by atoms with E-state index in [1.165, 1.54) is 0 Å². The first kappa shape index (κ1) is 9.25. The molecule has 0 saturated heterocycles. The van der Waals surface area contributed by atoms with E-state index in [0.717, 1.165) is 19.3 Å². The van der Waals surface area contributed by atoms with Gasteiger partial charge < -0.3 is 0 Å². The van der Waals surface area contributed by atoms with Gasteiger partial charge in [0.2, 0.25) is 0 Å².